The molecule has 1 unspecified atom stereocenters. The third-order valence-corrected chi connectivity index (χ3v) is 14.6. The van der Waals surface area contributed by atoms with Crippen LogP contribution in [0.15, 0.2) is 42.6 Å². The highest BCUT2D eigenvalue weighted by atomic mass is 19.3. The van der Waals surface area contributed by atoms with Crippen LogP contribution in [0.5, 0.6) is 0 Å². The minimum atomic E-state index is -4.58. The van der Waals surface area contributed by atoms with Crippen LogP contribution in [0.2, 0.25) is 0 Å². The zero-order chi connectivity index (χ0) is 47.9. The van der Waals surface area contributed by atoms with Crippen molar-refractivity contribution in [3.8, 4) is 22.4 Å². The van der Waals surface area contributed by atoms with E-state index in [9.17, 15) is 19.2 Å². The van der Waals surface area contributed by atoms with Gasteiger partial charge < -0.3 is 39.9 Å². The molecule has 356 valence electrons. The van der Waals surface area contributed by atoms with Gasteiger partial charge in [0.15, 0.2) is 0 Å². The summed E-state index contributed by atoms with van der Waals surface area (Å²) in [6.07, 6.45) is 6.13. The number of nitrogens with zero attached hydrogens (tertiary/aromatic N) is 4. The van der Waals surface area contributed by atoms with Crippen molar-refractivity contribution >= 4 is 35.6 Å². The Hall–Kier alpha value is -6.20. The maximum Gasteiger partial charge on any atom is 0.407 e. The number of methoxy groups -OCH3 is 2. The Morgan fingerprint density at radius 3 is 2.04 bits per heavy atom. The van der Waals surface area contributed by atoms with Crippen LogP contribution >= 0.6 is 0 Å². The van der Waals surface area contributed by atoms with Gasteiger partial charge in [0, 0.05) is 35.0 Å². The molecule has 2 aromatic heterocycles. The van der Waals surface area contributed by atoms with Crippen molar-refractivity contribution in [2.24, 2.45) is 23.7 Å². The highest BCUT2D eigenvalue weighted by Crippen LogP contribution is 2.59. The first-order valence-corrected chi connectivity index (χ1v) is 23.1. The van der Waals surface area contributed by atoms with Gasteiger partial charge in [0.1, 0.15) is 23.7 Å². The van der Waals surface area contributed by atoms with Crippen molar-refractivity contribution in [1.82, 2.24) is 40.4 Å². The lowest BCUT2D eigenvalue weighted by molar-refractivity contribution is -0.225. The Bertz CT molecular complexity index is 2660. The number of nitrogens with one attached hydrogen (secondary N) is 4. The summed E-state index contributed by atoms with van der Waals surface area (Å²) in [6, 6.07) is 5.97. The van der Waals surface area contributed by atoms with Crippen molar-refractivity contribution in [2.75, 3.05) is 20.8 Å². The number of H-pyrrole nitrogens is 2. The number of likely N-dealkylation sites (tertiary alicyclic amines) is 2. The lowest BCUT2D eigenvalue weighted by atomic mass is 9.77. The molecule has 2 aromatic carbocycles. The number of benzene rings is 2. The van der Waals surface area contributed by atoms with Gasteiger partial charge in [-0.25, -0.2) is 19.6 Å². The number of alkyl halides is 4. The van der Waals surface area contributed by atoms with Gasteiger partial charge in [-0.15, -0.1) is 0 Å². The highest BCUT2D eigenvalue weighted by molar-refractivity contribution is 5.89. The molecule has 2 saturated heterocycles. The van der Waals surface area contributed by atoms with Crippen molar-refractivity contribution in [2.45, 2.75) is 115 Å². The molecule has 1 saturated carbocycles. The second kappa shape index (κ2) is 17.1. The first kappa shape index (κ1) is 45.9. The summed E-state index contributed by atoms with van der Waals surface area (Å²) < 4.78 is 75.2. The van der Waals surface area contributed by atoms with Crippen LogP contribution < -0.4 is 10.6 Å². The molecule has 4 aromatic rings. The number of aromatic amines is 2. The summed E-state index contributed by atoms with van der Waals surface area (Å²) in [5, 5.41) is 5.31. The molecule has 3 aliphatic carbocycles. The molecule has 5 aliphatic rings. The Morgan fingerprint density at radius 2 is 1.42 bits per heavy atom. The number of alkyl carbamates (subject to hydrolysis) is 2. The molecule has 0 radical (unpaired) electrons. The Morgan fingerprint density at radius 1 is 0.806 bits per heavy atom. The number of rotatable bonds is 10. The minimum Gasteiger partial charge on any atom is -0.453 e. The molecule has 3 fully saturated rings. The third-order valence-electron chi connectivity index (χ3n) is 14.6. The average molecular weight is 929 g/mol. The molecule has 4 amide bonds. The Labute approximate surface area is 385 Å². The number of carbonyl (C=O) groups excluding carboxylic acids is 4. The molecule has 2 bridgehead atoms. The first-order valence-electron chi connectivity index (χ1n) is 23.1. The molecule has 2 aliphatic heterocycles. The number of carbonyl (C=O) groups is 4. The first-order chi connectivity index (χ1) is 31.8. The van der Waals surface area contributed by atoms with Gasteiger partial charge in [-0.3, -0.25) is 9.59 Å². The molecule has 7 atom stereocenters. The van der Waals surface area contributed by atoms with Crippen molar-refractivity contribution in [3.05, 3.63) is 82.3 Å². The van der Waals surface area contributed by atoms with E-state index < -0.39 is 53.3 Å². The molecular weight excluding hydrogens is 873 g/mol. The second-order valence-corrected chi connectivity index (χ2v) is 19.4. The van der Waals surface area contributed by atoms with E-state index in [-0.39, 0.29) is 64.3 Å². The number of piperidine rings is 1. The van der Waals surface area contributed by atoms with E-state index in [2.05, 4.69) is 25.6 Å². The quantitative estimate of drug-likeness (QED) is 0.114. The summed E-state index contributed by atoms with van der Waals surface area (Å²) in [5.74, 6) is -9.12. The minimum absolute atomic E-state index is 0.00106. The van der Waals surface area contributed by atoms with E-state index in [1.807, 2.05) is 31.7 Å². The summed E-state index contributed by atoms with van der Waals surface area (Å²) in [4.78, 5) is 71.6. The smallest absolute Gasteiger partial charge is 0.407 e. The molecule has 67 heavy (non-hydrogen) atoms. The van der Waals surface area contributed by atoms with E-state index >= 15 is 17.6 Å². The summed E-state index contributed by atoms with van der Waals surface area (Å²) >= 11 is 0. The van der Waals surface area contributed by atoms with Gasteiger partial charge >= 0.3 is 24.0 Å². The summed E-state index contributed by atoms with van der Waals surface area (Å²) in [7, 11) is 2.47. The average Bonchev–Trinajstić information content (AvgIpc) is 4.17. The van der Waals surface area contributed by atoms with Crippen LogP contribution in [-0.2, 0) is 37.3 Å². The standard InChI is InChI=1S/C49H56F4N8O6/c1-23(2)39(58-46(64)66-6)44(62)60-16-8-9-38(60)42-54-22-37(57-42)27-12-15-31-30-14-11-26(19-33(30)48(50,51)49(52,53)34(31)20-27)32-21-36-35(17-25(32)5)55-43(56-36)41-28-10-13-29(18-28)61(41)45(63)40(24(3)4)59-47(65)67-7/h11-12,14-15,19-25,28-29,38-41H,8-10,13,16-18H2,1-7H3,(H,54,57)(H,55,56)(H,58,64)(H,59,65)/t25?,28-,29+,38-,39-,40-,41-/m0/s1. The number of fused-ring (bicyclic) bond motifs is 6. The summed E-state index contributed by atoms with van der Waals surface area (Å²) in [6.45, 7) is 9.70. The lowest BCUT2D eigenvalue weighted by Gasteiger charge is -2.37. The number of aromatic nitrogens is 4. The molecule has 0 spiro atoms. The fraction of sp³-hybridized carbons (Fsp3) is 0.510. The fourth-order valence-corrected chi connectivity index (χ4v) is 11.1. The van der Waals surface area contributed by atoms with Crippen LogP contribution in [0.25, 0.3) is 34.0 Å². The monoisotopic (exact) mass is 928 g/mol. The summed E-state index contributed by atoms with van der Waals surface area (Å²) in [5.41, 5.74) is 1.44. The maximum absolute atomic E-state index is 16.4. The zero-order valence-corrected chi connectivity index (χ0v) is 38.5. The largest absolute Gasteiger partial charge is 0.453 e. The third kappa shape index (κ3) is 7.73. The number of imidazole rings is 2. The number of hydrogen-bond donors (Lipinski definition) is 4. The molecule has 14 nitrogen and oxygen atoms in total. The van der Waals surface area contributed by atoms with E-state index in [0.717, 1.165) is 31.0 Å². The highest BCUT2D eigenvalue weighted by Gasteiger charge is 2.63. The molecule has 4 heterocycles. The number of halogens is 4. The lowest BCUT2D eigenvalue weighted by Crippen LogP contribution is -2.54. The van der Waals surface area contributed by atoms with Gasteiger partial charge in [0.2, 0.25) is 11.8 Å². The van der Waals surface area contributed by atoms with Crippen molar-refractivity contribution in [1.29, 1.82) is 0 Å². The van der Waals surface area contributed by atoms with E-state index in [1.54, 1.807) is 30.9 Å². The molecule has 9 rings (SSSR count). The van der Waals surface area contributed by atoms with Crippen LogP contribution in [0.1, 0.15) is 119 Å². The van der Waals surface area contributed by atoms with Crippen molar-refractivity contribution in [3.63, 3.8) is 0 Å². The second-order valence-electron chi connectivity index (χ2n) is 19.4. The van der Waals surface area contributed by atoms with Gasteiger partial charge in [0.05, 0.1) is 43.9 Å². The van der Waals surface area contributed by atoms with Crippen LogP contribution in [-0.4, -0.2) is 92.6 Å². The van der Waals surface area contributed by atoms with Crippen molar-refractivity contribution < 1.29 is 46.2 Å². The van der Waals surface area contributed by atoms with Gasteiger partial charge in [-0.1, -0.05) is 58.9 Å². The normalized spacial score (nSPS) is 24.1. The molecule has 18 heteroatoms. The number of ether oxygens (including phenoxy) is 2. The number of hydrogen-bond acceptors (Lipinski definition) is 8. The van der Waals surface area contributed by atoms with E-state index in [4.69, 9.17) is 14.5 Å². The van der Waals surface area contributed by atoms with Crippen LogP contribution in [0, 0.1) is 23.7 Å². The predicted molar refractivity (Wildman–Crippen MR) is 239 cm³/mol. The number of allylic oxidation sites excluding steroid dienone is 1. The fourth-order valence-electron chi connectivity index (χ4n) is 11.1. The van der Waals surface area contributed by atoms with E-state index in [0.29, 0.717) is 60.0 Å². The van der Waals surface area contributed by atoms with Gasteiger partial charge in [-0.2, -0.15) is 17.6 Å². The molecular formula is C49H56F4N8O6. The van der Waals surface area contributed by atoms with Crippen LogP contribution in [0.3, 0.4) is 0 Å². The maximum atomic E-state index is 16.4. The Balaban J connectivity index is 0.988. The van der Waals surface area contributed by atoms with Crippen LogP contribution in [0.4, 0.5) is 27.2 Å². The van der Waals surface area contributed by atoms with Gasteiger partial charge in [0.25, 0.3) is 0 Å². The predicted octanol–water partition coefficient (Wildman–Crippen LogP) is 8.87. The zero-order valence-electron chi connectivity index (χ0n) is 38.5. The van der Waals surface area contributed by atoms with Gasteiger partial charge in [-0.05, 0) is 103 Å². The number of amides is 4. The van der Waals surface area contributed by atoms with E-state index in [1.165, 1.54) is 38.6 Å². The topological polar surface area (TPSA) is 175 Å². The Kier molecular flexibility index (Phi) is 11.8. The SMILES string of the molecule is COC(=O)N[C@H](C(=O)N1CCC[C@H]1c1ncc(-c2ccc3c(c2)C(F)(F)C(F)(F)c2cc(C4=Cc5nc([C@@H]6[C@H]7CC[C@H](C7)N6C(=O)[C@@H](NC(=O)OC)C(C)C)[nH]c5CC4C)ccc2-3)[nH]1)C(C)C. The molecule has 4 N–H and O–H groups in total.